The molecule has 2 heterocycles. The molecule has 0 fully saturated rings. The highest BCUT2D eigenvalue weighted by Gasteiger charge is 2.27. The minimum atomic E-state index is -0.374. The molecule has 0 saturated carbocycles. The standard InChI is InChI=1S/C17H19N5/c1-3-21-12-15(13(2)19-21)17(11-18)22-10-9-16(20-22)14-7-5-4-6-8-14/h4-8,12,17H,3,9-10H2,1-2H3. The van der Waals surface area contributed by atoms with E-state index in [-0.39, 0.29) is 6.04 Å². The predicted molar refractivity (Wildman–Crippen MR) is 85.3 cm³/mol. The van der Waals surface area contributed by atoms with Crippen LogP contribution in [0, 0.1) is 18.3 Å². The van der Waals surface area contributed by atoms with E-state index in [1.54, 1.807) is 0 Å². The smallest absolute Gasteiger partial charge is 0.161 e. The molecule has 112 valence electrons. The molecule has 1 aliphatic heterocycles. The van der Waals surface area contributed by atoms with Crippen LogP contribution in [0.2, 0.25) is 0 Å². The SMILES string of the molecule is CCn1cc(C(C#N)N2CCC(c3ccccc3)=N2)c(C)n1. The number of hydrogen-bond donors (Lipinski definition) is 0. The van der Waals surface area contributed by atoms with Crippen LogP contribution in [0.4, 0.5) is 0 Å². The van der Waals surface area contributed by atoms with Crippen LogP contribution in [0.3, 0.4) is 0 Å². The summed E-state index contributed by atoms with van der Waals surface area (Å²) in [5, 5.41) is 20.6. The van der Waals surface area contributed by atoms with Gasteiger partial charge in [-0.25, -0.2) is 0 Å². The van der Waals surface area contributed by atoms with Crippen molar-refractivity contribution >= 4 is 5.71 Å². The summed E-state index contributed by atoms with van der Waals surface area (Å²) in [5.41, 5.74) is 4.02. The van der Waals surface area contributed by atoms with Crippen molar-refractivity contribution in [2.45, 2.75) is 32.9 Å². The lowest BCUT2D eigenvalue weighted by molar-refractivity contribution is 0.274. The topological polar surface area (TPSA) is 57.2 Å². The molecule has 1 unspecified atom stereocenters. The maximum absolute atomic E-state index is 9.61. The van der Waals surface area contributed by atoms with E-state index in [0.717, 1.165) is 42.0 Å². The molecule has 0 aliphatic carbocycles. The Balaban J connectivity index is 1.88. The molecule has 0 amide bonds. The fourth-order valence-corrected chi connectivity index (χ4v) is 2.76. The maximum atomic E-state index is 9.61. The number of aromatic nitrogens is 2. The highest BCUT2D eigenvalue weighted by atomic mass is 15.5. The first-order valence-electron chi connectivity index (χ1n) is 7.56. The second-order valence-electron chi connectivity index (χ2n) is 5.38. The Morgan fingerprint density at radius 3 is 2.73 bits per heavy atom. The zero-order valence-corrected chi connectivity index (χ0v) is 12.9. The normalized spacial score (nSPS) is 15.5. The van der Waals surface area contributed by atoms with Crippen LogP contribution < -0.4 is 0 Å². The first kappa shape index (κ1) is 14.3. The number of benzene rings is 1. The molecule has 1 aromatic heterocycles. The van der Waals surface area contributed by atoms with Crippen molar-refractivity contribution in [2.75, 3.05) is 6.54 Å². The van der Waals surface area contributed by atoms with Crippen molar-refractivity contribution in [2.24, 2.45) is 5.10 Å². The number of hydrogen-bond acceptors (Lipinski definition) is 4. The Bertz CT molecular complexity index is 723. The summed E-state index contributed by atoms with van der Waals surface area (Å²) in [5.74, 6) is 0. The van der Waals surface area contributed by atoms with E-state index in [4.69, 9.17) is 0 Å². The quantitative estimate of drug-likeness (QED) is 0.871. The highest BCUT2D eigenvalue weighted by Crippen LogP contribution is 2.27. The van der Waals surface area contributed by atoms with Crippen molar-refractivity contribution in [1.29, 1.82) is 5.26 Å². The van der Waals surface area contributed by atoms with Crippen LogP contribution in [0.25, 0.3) is 0 Å². The third-order valence-corrected chi connectivity index (χ3v) is 3.96. The molecular weight excluding hydrogens is 274 g/mol. The second kappa shape index (κ2) is 6.02. The van der Waals surface area contributed by atoms with Gasteiger partial charge in [0.1, 0.15) is 0 Å². The second-order valence-corrected chi connectivity index (χ2v) is 5.38. The molecule has 0 N–H and O–H groups in total. The Morgan fingerprint density at radius 1 is 1.32 bits per heavy atom. The molecule has 5 heteroatoms. The van der Waals surface area contributed by atoms with Crippen LogP contribution in [0.5, 0.6) is 0 Å². The average Bonchev–Trinajstić information content (AvgIpc) is 3.17. The summed E-state index contributed by atoms with van der Waals surface area (Å²) in [7, 11) is 0. The van der Waals surface area contributed by atoms with Crippen molar-refractivity contribution in [3.63, 3.8) is 0 Å². The lowest BCUT2D eigenvalue weighted by Crippen LogP contribution is -2.20. The predicted octanol–water partition coefficient (Wildman–Crippen LogP) is 2.89. The van der Waals surface area contributed by atoms with Gasteiger partial charge in [-0.1, -0.05) is 30.3 Å². The van der Waals surface area contributed by atoms with Gasteiger partial charge in [0.2, 0.25) is 0 Å². The van der Waals surface area contributed by atoms with Gasteiger partial charge < -0.3 is 0 Å². The Hall–Kier alpha value is -2.61. The molecule has 2 aromatic rings. The highest BCUT2D eigenvalue weighted by molar-refractivity contribution is 6.01. The number of aryl methyl sites for hydroxylation is 2. The number of nitrogens with zero attached hydrogens (tertiary/aromatic N) is 5. The summed E-state index contributed by atoms with van der Waals surface area (Å²) in [6.45, 7) is 5.56. The van der Waals surface area contributed by atoms with Gasteiger partial charge in [0, 0.05) is 31.3 Å². The van der Waals surface area contributed by atoms with Crippen LogP contribution in [-0.2, 0) is 6.54 Å². The number of rotatable bonds is 4. The molecule has 1 atom stereocenters. The molecule has 22 heavy (non-hydrogen) atoms. The maximum Gasteiger partial charge on any atom is 0.161 e. The minimum Gasteiger partial charge on any atom is -0.274 e. The largest absolute Gasteiger partial charge is 0.274 e. The zero-order valence-electron chi connectivity index (χ0n) is 12.9. The van der Waals surface area contributed by atoms with Crippen LogP contribution in [-0.4, -0.2) is 27.0 Å². The van der Waals surface area contributed by atoms with E-state index in [9.17, 15) is 5.26 Å². The van der Waals surface area contributed by atoms with E-state index in [0.29, 0.717) is 0 Å². The molecule has 1 aliphatic rings. The number of hydrazone groups is 1. The van der Waals surface area contributed by atoms with Crippen LogP contribution in [0.15, 0.2) is 41.6 Å². The van der Waals surface area contributed by atoms with Gasteiger partial charge in [0.05, 0.1) is 17.5 Å². The zero-order chi connectivity index (χ0) is 15.5. The molecule has 3 rings (SSSR count). The van der Waals surface area contributed by atoms with E-state index in [1.807, 2.05) is 47.9 Å². The van der Waals surface area contributed by atoms with E-state index < -0.39 is 0 Å². The summed E-state index contributed by atoms with van der Waals surface area (Å²) < 4.78 is 1.87. The van der Waals surface area contributed by atoms with Gasteiger partial charge in [-0.2, -0.15) is 15.5 Å². The molecular formula is C17H19N5. The van der Waals surface area contributed by atoms with Gasteiger partial charge in [0.15, 0.2) is 6.04 Å². The van der Waals surface area contributed by atoms with E-state index in [1.165, 1.54) is 0 Å². The van der Waals surface area contributed by atoms with Gasteiger partial charge in [-0.05, 0) is 19.4 Å². The monoisotopic (exact) mass is 293 g/mol. The molecule has 5 nitrogen and oxygen atoms in total. The fraction of sp³-hybridized carbons (Fsp3) is 0.353. The molecule has 0 saturated heterocycles. The van der Waals surface area contributed by atoms with E-state index in [2.05, 4.69) is 28.4 Å². The summed E-state index contributed by atoms with van der Waals surface area (Å²) >= 11 is 0. The van der Waals surface area contributed by atoms with Gasteiger partial charge in [0.25, 0.3) is 0 Å². The summed E-state index contributed by atoms with van der Waals surface area (Å²) in [6.07, 6.45) is 2.82. The third-order valence-electron chi connectivity index (χ3n) is 3.96. The average molecular weight is 293 g/mol. The van der Waals surface area contributed by atoms with Crippen molar-refractivity contribution in [3.8, 4) is 6.07 Å². The van der Waals surface area contributed by atoms with Crippen LogP contribution >= 0.6 is 0 Å². The summed E-state index contributed by atoms with van der Waals surface area (Å²) in [6, 6.07) is 12.1. The third kappa shape index (κ3) is 2.60. The number of nitriles is 1. The van der Waals surface area contributed by atoms with E-state index >= 15 is 0 Å². The first-order valence-corrected chi connectivity index (χ1v) is 7.56. The van der Waals surface area contributed by atoms with Crippen molar-refractivity contribution in [1.82, 2.24) is 14.8 Å². The molecule has 0 bridgehead atoms. The van der Waals surface area contributed by atoms with Gasteiger partial charge in [-0.15, -0.1) is 0 Å². The van der Waals surface area contributed by atoms with Gasteiger partial charge >= 0.3 is 0 Å². The molecule has 0 radical (unpaired) electrons. The van der Waals surface area contributed by atoms with Crippen LogP contribution in [0.1, 0.15) is 36.2 Å². The summed E-state index contributed by atoms with van der Waals surface area (Å²) in [4.78, 5) is 0. The van der Waals surface area contributed by atoms with Gasteiger partial charge in [-0.3, -0.25) is 9.69 Å². The Morgan fingerprint density at radius 2 is 2.09 bits per heavy atom. The first-order chi connectivity index (χ1) is 10.7. The minimum absolute atomic E-state index is 0.374. The fourth-order valence-electron chi connectivity index (χ4n) is 2.76. The molecule has 1 aromatic carbocycles. The Kier molecular flexibility index (Phi) is 3.92. The van der Waals surface area contributed by atoms with Crippen molar-refractivity contribution in [3.05, 3.63) is 53.3 Å². The van der Waals surface area contributed by atoms with Crippen molar-refractivity contribution < 1.29 is 0 Å². The Labute approximate surface area is 130 Å². The lowest BCUT2D eigenvalue weighted by atomic mass is 10.1. The lowest BCUT2D eigenvalue weighted by Gasteiger charge is -2.19. The molecule has 0 spiro atoms.